The third kappa shape index (κ3) is 6.05. The first-order valence-electron chi connectivity index (χ1n) is 17.9. The molecule has 0 radical (unpaired) electrons. The second-order valence-corrected chi connectivity index (χ2v) is 18.2. The number of rotatable bonds is 6. The molecule has 3 aliphatic rings. The Labute approximate surface area is 289 Å². The summed E-state index contributed by atoms with van der Waals surface area (Å²) in [5.41, 5.74) is 8.24. The van der Waals surface area contributed by atoms with Crippen molar-refractivity contribution in [2.45, 2.75) is 130 Å². The molecule has 0 N–H and O–H groups in total. The van der Waals surface area contributed by atoms with Crippen molar-refractivity contribution in [3.8, 4) is 11.5 Å². The Bertz CT molecular complexity index is 1790. The molecule has 1 fully saturated rings. The summed E-state index contributed by atoms with van der Waals surface area (Å²) in [6.07, 6.45) is 12.2. The van der Waals surface area contributed by atoms with Crippen LogP contribution in [0.5, 0.6) is 11.5 Å². The van der Waals surface area contributed by atoms with E-state index in [0.29, 0.717) is 0 Å². The van der Waals surface area contributed by atoms with E-state index in [1.807, 2.05) is 0 Å². The lowest BCUT2D eigenvalue weighted by Gasteiger charge is -2.35. The second kappa shape index (κ2) is 11.5. The van der Waals surface area contributed by atoms with Gasteiger partial charge in [-0.15, -0.1) is 0 Å². The first-order valence-corrected chi connectivity index (χ1v) is 17.9. The minimum absolute atomic E-state index is 0.0236. The van der Waals surface area contributed by atoms with Gasteiger partial charge in [-0.2, -0.15) is 0 Å². The number of benzene rings is 2. The van der Waals surface area contributed by atoms with Crippen molar-refractivity contribution in [1.82, 2.24) is 0 Å². The first kappa shape index (κ1) is 34.2. The van der Waals surface area contributed by atoms with Crippen molar-refractivity contribution in [2.24, 2.45) is 0 Å². The smallest absolute Gasteiger partial charge is 0.377 e. The highest BCUT2D eigenvalue weighted by Gasteiger charge is 2.75. The number of anilines is 1. The summed E-state index contributed by atoms with van der Waals surface area (Å²) in [7, 11) is 4.16. The maximum Gasteiger partial charge on any atom is 0.704 e. The largest absolute Gasteiger partial charge is 0.704 e. The van der Waals surface area contributed by atoms with Gasteiger partial charge in [0.05, 0.1) is 11.1 Å². The Kier molecular flexibility index (Phi) is 8.16. The van der Waals surface area contributed by atoms with Gasteiger partial charge in [0.25, 0.3) is 0 Å². The third-order valence-corrected chi connectivity index (χ3v) is 10.2. The van der Waals surface area contributed by atoms with Crippen LogP contribution in [0.15, 0.2) is 48.8 Å². The summed E-state index contributed by atoms with van der Waals surface area (Å²) < 4.78 is 21.6. The van der Waals surface area contributed by atoms with Gasteiger partial charge in [-0.25, -0.2) is 4.57 Å². The molecular formula is C42H59N4O2+3. The molecule has 0 saturated carbocycles. The summed E-state index contributed by atoms with van der Waals surface area (Å²) in [5, 5.41) is 0. The Morgan fingerprint density at radius 2 is 1.42 bits per heavy atom. The highest BCUT2D eigenvalue weighted by molar-refractivity contribution is 5.85. The lowest BCUT2D eigenvalue weighted by Crippen LogP contribution is -2.61. The van der Waals surface area contributed by atoms with Crippen LogP contribution in [0.1, 0.15) is 122 Å². The SMILES string of the molecule is CN(C)c1cc[n+](CCCCc2ccc3c(c2C(C)(C)C)OC24Oc5c(cc(C(C)(C)C)cc5C(C)(C)C)C=[N+]2CC(C)(C)[N+]4=C3)cc1. The van der Waals surface area contributed by atoms with Crippen LogP contribution in [0.25, 0.3) is 0 Å². The molecule has 1 unspecified atom stereocenters. The summed E-state index contributed by atoms with van der Waals surface area (Å²) in [5.74, 6) is 1.88. The number of ether oxygens (including phenoxy) is 2. The first-order chi connectivity index (χ1) is 22.2. The number of nitrogens with zero attached hydrogens (tertiary/aromatic N) is 4. The zero-order valence-electron chi connectivity index (χ0n) is 31.9. The van der Waals surface area contributed by atoms with Gasteiger partial charge >= 0.3 is 6.03 Å². The van der Waals surface area contributed by atoms with Gasteiger partial charge in [0.2, 0.25) is 12.1 Å². The van der Waals surface area contributed by atoms with Crippen molar-refractivity contribution in [1.29, 1.82) is 0 Å². The van der Waals surface area contributed by atoms with E-state index in [1.54, 1.807) is 0 Å². The molecule has 1 atom stereocenters. The Morgan fingerprint density at radius 3 is 2.02 bits per heavy atom. The Balaban J connectivity index is 1.38. The second-order valence-electron chi connectivity index (χ2n) is 18.2. The molecule has 0 aliphatic carbocycles. The van der Waals surface area contributed by atoms with Gasteiger partial charge in [0, 0.05) is 63.3 Å². The van der Waals surface area contributed by atoms with Gasteiger partial charge in [0.1, 0.15) is 6.54 Å². The Hall–Kier alpha value is -3.67. The fourth-order valence-electron chi connectivity index (χ4n) is 7.55. The van der Waals surface area contributed by atoms with E-state index in [9.17, 15) is 0 Å². The summed E-state index contributed by atoms with van der Waals surface area (Å²) in [6.45, 7) is 27.0. The normalized spacial score (nSPS) is 19.6. The van der Waals surface area contributed by atoms with Crippen molar-refractivity contribution in [2.75, 3.05) is 25.5 Å². The van der Waals surface area contributed by atoms with Gasteiger partial charge in [-0.05, 0) is 52.3 Å². The molecule has 4 heterocycles. The molecule has 1 aromatic heterocycles. The molecule has 3 aliphatic heterocycles. The van der Waals surface area contributed by atoms with Gasteiger partial charge in [0.15, 0.2) is 36.3 Å². The number of unbranched alkanes of at least 4 members (excludes halogenated alkanes) is 1. The fraction of sp³-hybridized carbons (Fsp3) is 0.548. The zero-order valence-corrected chi connectivity index (χ0v) is 31.9. The average Bonchev–Trinajstić information content (AvgIpc) is 3.19. The van der Waals surface area contributed by atoms with Crippen LogP contribution in [0, 0.1) is 0 Å². The predicted octanol–water partition coefficient (Wildman–Crippen LogP) is 7.71. The zero-order chi connectivity index (χ0) is 35.0. The minimum Gasteiger partial charge on any atom is -0.377 e. The van der Waals surface area contributed by atoms with E-state index in [1.165, 1.54) is 27.9 Å². The van der Waals surface area contributed by atoms with Crippen LogP contribution in [0.4, 0.5) is 5.69 Å². The molecule has 3 aromatic rings. The van der Waals surface area contributed by atoms with Crippen LogP contribution in [-0.4, -0.2) is 53.8 Å². The molecule has 6 rings (SSSR count). The molecule has 0 bridgehead atoms. The predicted molar refractivity (Wildman–Crippen MR) is 197 cm³/mol. The summed E-state index contributed by atoms with van der Waals surface area (Å²) >= 11 is 0. The Morgan fingerprint density at radius 1 is 0.750 bits per heavy atom. The number of pyridine rings is 1. The van der Waals surface area contributed by atoms with E-state index >= 15 is 0 Å². The maximum absolute atomic E-state index is 7.37. The lowest BCUT2D eigenvalue weighted by molar-refractivity contribution is -0.867. The lowest BCUT2D eigenvalue weighted by atomic mass is 9.79. The highest BCUT2D eigenvalue weighted by atomic mass is 16.7. The molecule has 0 amide bonds. The molecule has 1 spiro atoms. The third-order valence-electron chi connectivity index (χ3n) is 10.2. The van der Waals surface area contributed by atoms with Gasteiger partial charge in [-0.1, -0.05) is 83.6 Å². The number of aromatic nitrogens is 1. The van der Waals surface area contributed by atoms with Crippen molar-refractivity contribution in [3.63, 3.8) is 0 Å². The molecule has 6 nitrogen and oxygen atoms in total. The summed E-state index contributed by atoms with van der Waals surface area (Å²) in [6, 6.07) is 12.5. The van der Waals surface area contributed by atoms with Crippen LogP contribution < -0.4 is 18.9 Å². The fourth-order valence-corrected chi connectivity index (χ4v) is 7.55. The van der Waals surface area contributed by atoms with E-state index in [0.717, 1.165) is 55.0 Å². The van der Waals surface area contributed by atoms with Gasteiger partial charge < -0.3 is 14.4 Å². The molecule has 2 aromatic carbocycles. The average molecular weight is 652 g/mol. The van der Waals surface area contributed by atoms with Crippen molar-refractivity contribution in [3.05, 3.63) is 82.2 Å². The minimum atomic E-state index is -1.10. The number of aryl methyl sites for hydroxylation is 2. The van der Waals surface area contributed by atoms with E-state index < -0.39 is 6.03 Å². The van der Waals surface area contributed by atoms with E-state index in [-0.39, 0.29) is 21.8 Å². The van der Waals surface area contributed by atoms with Crippen LogP contribution in [-0.2, 0) is 29.2 Å². The number of hydrogen-bond acceptors (Lipinski definition) is 3. The van der Waals surface area contributed by atoms with Crippen LogP contribution in [0.2, 0.25) is 0 Å². The van der Waals surface area contributed by atoms with E-state index in [2.05, 4.69) is 170 Å². The molecular weight excluding hydrogens is 592 g/mol. The quantitative estimate of drug-likeness (QED) is 0.202. The standard InChI is InChI=1S/C42H59N4O2/c1-38(2,3)32-24-31-26-45-28-41(10,11)46-27-30-18-17-29(16-14-15-21-44-22-19-33(20-23-44)43(12)13)35(40(7,8)9)37(30)48-42(45,46)47-36(31)34(25-32)39(4,5)6/h17-20,22-27H,14-16,21,28H2,1-13H3/q+3. The number of fused-ring (bicyclic) bond motifs is 2. The topological polar surface area (TPSA) is 31.6 Å². The van der Waals surface area contributed by atoms with Crippen molar-refractivity contribution >= 4 is 18.1 Å². The number of hydrogen-bond donors (Lipinski definition) is 0. The maximum atomic E-state index is 7.37. The monoisotopic (exact) mass is 651 g/mol. The van der Waals surface area contributed by atoms with Gasteiger partial charge in [-0.3, -0.25) is 0 Å². The molecule has 256 valence electrons. The van der Waals surface area contributed by atoms with Crippen molar-refractivity contribution < 1.29 is 23.2 Å². The molecule has 6 heteroatoms. The highest BCUT2D eigenvalue weighted by Crippen LogP contribution is 2.48. The van der Waals surface area contributed by atoms with E-state index in [4.69, 9.17) is 9.47 Å². The van der Waals surface area contributed by atoms with Crippen LogP contribution in [0.3, 0.4) is 0 Å². The molecule has 1 saturated heterocycles. The van der Waals surface area contributed by atoms with Crippen LogP contribution >= 0.6 is 0 Å². The molecule has 48 heavy (non-hydrogen) atoms. The summed E-state index contributed by atoms with van der Waals surface area (Å²) in [4.78, 5) is 2.14.